The minimum Gasteiger partial charge on any atom is -0.350 e. The molecule has 0 aromatic heterocycles. The fraction of sp³-hybridized carbons (Fsp3) is 0.467. The van der Waals surface area contributed by atoms with Gasteiger partial charge in [-0.05, 0) is 38.4 Å². The summed E-state index contributed by atoms with van der Waals surface area (Å²) in [5.74, 6) is 0.0206. The summed E-state index contributed by atoms with van der Waals surface area (Å²) >= 11 is 0. The summed E-state index contributed by atoms with van der Waals surface area (Å²) < 4.78 is 26.3. The first-order valence-electron chi connectivity index (χ1n) is 7.67. The molecule has 9 heteroatoms. The van der Waals surface area contributed by atoms with Gasteiger partial charge in [-0.1, -0.05) is 12.1 Å². The zero-order valence-electron chi connectivity index (χ0n) is 13.3. The number of rotatable bonds is 3. The summed E-state index contributed by atoms with van der Waals surface area (Å²) in [6.07, 6.45) is 1.96. The van der Waals surface area contributed by atoms with Crippen molar-refractivity contribution in [3.63, 3.8) is 0 Å². The van der Waals surface area contributed by atoms with E-state index in [1.54, 1.807) is 18.2 Å². The van der Waals surface area contributed by atoms with Crippen LogP contribution in [0.5, 0.6) is 0 Å². The van der Waals surface area contributed by atoms with Gasteiger partial charge in [0, 0.05) is 17.6 Å². The van der Waals surface area contributed by atoms with Crippen LogP contribution in [0.25, 0.3) is 0 Å². The Morgan fingerprint density at radius 1 is 1.38 bits per heavy atom. The number of nitrogens with one attached hydrogen (secondary N) is 3. The highest BCUT2D eigenvalue weighted by molar-refractivity contribution is 7.90. The first-order chi connectivity index (χ1) is 11.0. The van der Waals surface area contributed by atoms with Crippen molar-refractivity contribution in [3.05, 3.63) is 29.8 Å². The number of hydrogen-bond acceptors (Lipinski definition) is 5. The smallest absolute Gasteiger partial charge is 0.263 e. The van der Waals surface area contributed by atoms with E-state index in [1.807, 2.05) is 6.92 Å². The third-order valence-corrected chi connectivity index (χ3v) is 5.55. The molecule has 3 rings (SSSR count). The first kappa shape index (κ1) is 18.7. The maximum atomic E-state index is 12.1. The second-order valence-corrected chi connectivity index (χ2v) is 7.48. The quantitative estimate of drug-likeness (QED) is 0.715. The maximum absolute atomic E-state index is 12.1. The average Bonchev–Trinajstić information content (AvgIpc) is 2.79. The van der Waals surface area contributed by atoms with Gasteiger partial charge in [-0.3, -0.25) is 14.5 Å². The number of piperidine rings is 1. The molecule has 1 fully saturated rings. The standard InChI is InChI=1S/C15H20N4O3S.ClH/c1-10-12(6-4-8-16-10)18-14(20)9-17-15-11-5-2-3-7-13(11)23(21,22)19-15;/h2-3,5,7,10,12,16H,4,6,8-9H2,1H3,(H,17,19)(H,18,20);1H. The molecule has 1 saturated heterocycles. The molecule has 132 valence electrons. The van der Waals surface area contributed by atoms with Gasteiger partial charge in [-0.2, -0.15) is 0 Å². The van der Waals surface area contributed by atoms with Crippen LogP contribution in [-0.4, -0.2) is 45.3 Å². The van der Waals surface area contributed by atoms with Crippen LogP contribution in [0.1, 0.15) is 25.3 Å². The van der Waals surface area contributed by atoms with Crippen molar-refractivity contribution in [2.24, 2.45) is 4.99 Å². The van der Waals surface area contributed by atoms with E-state index in [0.717, 1.165) is 19.4 Å². The van der Waals surface area contributed by atoms with Gasteiger partial charge in [-0.15, -0.1) is 12.4 Å². The second kappa shape index (κ2) is 7.50. The van der Waals surface area contributed by atoms with Gasteiger partial charge in [0.25, 0.3) is 10.0 Å². The molecule has 2 atom stereocenters. The van der Waals surface area contributed by atoms with E-state index in [0.29, 0.717) is 5.56 Å². The Hall–Kier alpha value is -1.64. The lowest BCUT2D eigenvalue weighted by atomic mass is 10.00. The molecule has 3 N–H and O–H groups in total. The predicted molar refractivity (Wildman–Crippen MR) is 94.0 cm³/mol. The Bertz CT molecular complexity index is 751. The van der Waals surface area contributed by atoms with E-state index >= 15 is 0 Å². The molecule has 2 aliphatic heterocycles. The number of carbonyl (C=O) groups is 1. The summed E-state index contributed by atoms with van der Waals surface area (Å²) in [7, 11) is -3.56. The van der Waals surface area contributed by atoms with Gasteiger partial charge in [0.1, 0.15) is 12.4 Å². The van der Waals surface area contributed by atoms with E-state index < -0.39 is 10.0 Å². The van der Waals surface area contributed by atoms with Crippen molar-refractivity contribution in [2.45, 2.75) is 36.7 Å². The fourth-order valence-corrected chi connectivity index (χ4v) is 4.15. The van der Waals surface area contributed by atoms with Gasteiger partial charge in [-0.25, -0.2) is 8.42 Å². The Labute approximate surface area is 147 Å². The Morgan fingerprint density at radius 2 is 2.12 bits per heavy atom. The molecule has 1 amide bonds. The number of benzene rings is 1. The van der Waals surface area contributed by atoms with Crippen LogP contribution >= 0.6 is 12.4 Å². The normalized spacial score (nSPS) is 26.1. The molecule has 0 spiro atoms. The van der Waals surface area contributed by atoms with Crippen LogP contribution in [0.4, 0.5) is 0 Å². The first-order valence-corrected chi connectivity index (χ1v) is 9.15. The largest absolute Gasteiger partial charge is 0.350 e. The molecular formula is C15H21ClN4O3S. The van der Waals surface area contributed by atoms with Crippen molar-refractivity contribution < 1.29 is 13.2 Å². The van der Waals surface area contributed by atoms with Gasteiger partial charge >= 0.3 is 0 Å². The second-order valence-electron chi connectivity index (χ2n) is 5.83. The minimum atomic E-state index is -3.56. The number of nitrogens with zero attached hydrogens (tertiary/aromatic N) is 1. The predicted octanol–water partition coefficient (Wildman–Crippen LogP) is 0.404. The highest BCUT2D eigenvalue weighted by Gasteiger charge is 2.30. The summed E-state index contributed by atoms with van der Waals surface area (Å²) in [5, 5.41) is 6.27. The van der Waals surface area contributed by atoms with Crippen LogP contribution < -0.4 is 15.4 Å². The molecule has 2 unspecified atom stereocenters. The molecule has 0 aliphatic carbocycles. The third kappa shape index (κ3) is 3.88. The minimum absolute atomic E-state index is 0. The number of amides is 1. The number of hydrogen-bond donors (Lipinski definition) is 3. The van der Waals surface area contributed by atoms with Crippen molar-refractivity contribution in [3.8, 4) is 0 Å². The van der Waals surface area contributed by atoms with Crippen molar-refractivity contribution in [1.82, 2.24) is 15.4 Å². The van der Waals surface area contributed by atoms with Crippen molar-refractivity contribution in [1.29, 1.82) is 0 Å². The SMILES string of the molecule is CC1NCCCC1NC(=O)CN=C1NS(=O)(=O)c2ccccc21.Cl. The topological polar surface area (TPSA) is 99.7 Å². The lowest BCUT2D eigenvalue weighted by molar-refractivity contribution is -0.120. The lowest BCUT2D eigenvalue weighted by Crippen LogP contribution is -2.52. The molecule has 7 nitrogen and oxygen atoms in total. The molecule has 1 aromatic carbocycles. The van der Waals surface area contributed by atoms with E-state index in [4.69, 9.17) is 0 Å². The molecule has 24 heavy (non-hydrogen) atoms. The molecule has 0 bridgehead atoms. The van der Waals surface area contributed by atoms with E-state index in [1.165, 1.54) is 6.07 Å². The van der Waals surface area contributed by atoms with Gasteiger partial charge < -0.3 is 10.6 Å². The molecule has 0 saturated carbocycles. The summed E-state index contributed by atoms with van der Waals surface area (Å²) in [6, 6.07) is 6.92. The summed E-state index contributed by atoms with van der Waals surface area (Å²) in [4.78, 5) is 16.4. The number of fused-ring (bicyclic) bond motifs is 1. The monoisotopic (exact) mass is 372 g/mol. The van der Waals surface area contributed by atoms with Gasteiger partial charge in [0.15, 0.2) is 0 Å². The van der Waals surface area contributed by atoms with Crippen LogP contribution in [0.2, 0.25) is 0 Å². The van der Waals surface area contributed by atoms with E-state index in [9.17, 15) is 13.2 Å². The number of aliphatic imine (C=N–C) groups is 1. The average molecular weight is 373 g/mol. The van der Waals surface area contributed by atoms with E-state index in [2.05, 4.69) is 20.3 Å². The molecular weight excluding hydrogens is 352 g/mol. The highest BCUT2D eigenvalue weighted by Crippen LogP contribution is 2.22. The number of carbonyl (C=O) groups excluding carboxylic acids is 1. The molecule has 0 radical (unpaired) electrons. The Balaban J connectivity index is 0.00000208. The number of halogens is 1. The molecule has 2 aliphatic rings. The van der Waals surface area contributed by atoms with Crippen LogP contribution in [-0.2, 0) is 14.8 Å². The molecule has 2 heterocycles. The van der Waals surface area contributed by atoms with Crippen LogP contribution in [0.15, 0.2) is 34.2 Å². The summed E-state index contributed by atoms with van der Waals surface area (Å²) in [6.45, 7) is 2.90. The van der Waals surface area contributed by atoms with Gasteiger partial charge in [0.2, 0.25) is 5.91 Å². The third-order valence-electron chi connectivity index (χ3n) is 4.15. The summed E-state index contributed by atoms with van der Waals surface area (Å²) in [5.41, 5.74) is 0.507. The Morgan fingerprint density at radius 3 is 2.88 bits per heavy atom. The number of amidine groups is 1. The Kier molecular flexibility index (Phi) is 5.84. The highest BCUT2D eigenvalue weighted by atomic mass is 35.5. The maximum Gasteiger partial charge on any atom is 0.263 e. The molecule has 1 aromatic rings. The van der Waals surface area contributed by atoms with Crippen LogP contribution in [0.3, 0.4) is 0 Å². The zero-order chi connectivity index (χ0) is 16.4. The van der Waals surface area contributed by atoms with Gasteiger partial charge in [0.05, 0.1) is 4.90 Å². The van der Waals surface area contributed by atoms with Crippen molar-refractivity contribution in [2.75, 3.05) is 13.1 Å². The number of sulfonamides is 1. The van der Waals surface area contributed by atoms with Crippen molar-refractivity contribution >= 4 is 34.2 Å². The fourth-order valence-electron chi connectivity index (χ4n) is 2.90. The lowest BCUT2D eigenvalue weighted by Gasteiger charge is -2.30. The van der Waals surface area contributed by atoms with E-state index in [-0.39, 0.29) is 47.7 Å². The zero-order valence-corrected chi connectivity index (χ0v) is 14.9. The van der Waals surface area contributed by atoms with Crippen LogP contribution in [0, 0.1) is 0 Å².